The van der Waals surface area contributed by atoms with Crippen molar-refractivity contribution in [2.75, 3.05) is 7.11 Å². The zero-order chi connectivity index (χ0) is 7.40. The van der Waals surface area contributed by atoms with E-state index in [0.29, 0.717) is 6.61 Å². The molecule has 0 spiro atoms. The molecule has 0 aliphatic rings. The molecule has 10 heavy (non-hydrogen) atoms. The predicted octanol–water partition coefficient (Wildman–Crippen LogP) is 2.60. The Bertz CT molecular complexity index is 210. The smallest absolute Gasteiger partial charge is 0.0713 e. The largest absolute Gasteiger partial charge is 0.380 e. The van der Waals surface area contributed by atoms with Crippen molar-refractivity contribution in [3.63, 3.8) is 0 Å². The van der Waals surface area contributed by atoms with Gasteiger partial charge in [0.05, 0.1) is 6.61 Å². The molecule has 1 aromatic carbocycles. The molecular formula is C8H9BrO. The average Bonchev–Trinajstić information content (AvgIpc) is 1.88. The molecule has 0 aliphatic carbocycles. The Labute approximate surface area is 69.1 Å². The lowest BCUT2D eigenvalue weighted by atomic mass is 10.2. The molecule has 0 fully saturated rings. The molecule has 2 heteroatoms. The first-order valence-corrected chi connectivity index (χ1v) is 3.85. The minimum absolute atomic E-state index is 0.680. The van der Waals surface area contributed by atoms with Gasteiger partial charge in [0.1, 0.15) is 0 Å². The van der Waals surface area contributed by atoms with E-state index in [1.807, 2.05) is 24.3 Å². The molecule has 0 aromatic heterocycles. The fourth-order valence-electron chi connectivity index (χ4n) is 0.793. The van der Waals surface area contributed by atoms with E-state index in [2.05, 4.69) is 15.9 Å². The van der Waals surface area contributed by atoms with Gasteiger partial charge in [0, 0.05) is 11.6 Å². The van der Waals surface area contributed by atoms with E-state index in [-0.39, 0.29) is 0 Å². The summed E-state index contributed by atoms with van der Waals surface area (Å²) in [4.78, 5) is 0. The highest BCUT2D eigenvalue weighted by molar-refractivity contribution is 9.10. The van der Waals surface area contributed by atoms with Gasteiger partial charge >= 0.3 is 0 Å². The predicted molar refractivity (Wildman–Crippen MR) is 44.9 cm³/mol. The quantitative estimate of drug-likeness (QED) is 0.714. The normalized spacial score (nSPS) is 9.80. The Morgan fingerprint density at radius 2 is 2.30 bits per heavy atom. The van der Waals surface area contributed by atoms with Gasteiger partial charge in [-0.15, -0.1) is 0 Å². The summed E-state index contributed by atoms with van der Waals surface area (Å²) in [6, 6.07) is 8.08. The van der Waals surface area contributed by atoms with Crippen molar-refractivity contribution in [2.24, 2.45) is 0 Å². The third-order valence-electron chi connectivity index (χ3n) is 1.20. The Balaban J connectivity index is 2.75. The summed E-state index contributed by atoms with van der Waals surface area (Å²) in [5.41, 5.74) is 1.19. The maximum Gasteiger partial charge on any atom is 0.0713 e. The van der Waals surface area contributed by atoms with Crippen molar-refractivity contribution >= 4 is 15.9 Å². The van der Waals surface area contributed by atoms with E-state index >= 15 is 0 Å². The number of halogens is 1. The Kier molecular flexibility index (Phi) is 2.90. The van der Waals surface area contributed by atoms with Crippen LogP contribution in [0.25, 0.3) is 0 Å². The van der Waals surface area contributed by atoms with Crippen LogP contribution >= 0.6 is 15.9 Å². The zero-order valence-corrected chi connectivity index (χ0v) is 7.39. The van der Waals surface area contributed by atoms with Crippen LogP contribution < -0.4 is 0 Å². The minimum atomic E-state index is 0.680. The van der Waals surface area contributed by atoms with Gasteiger partial charge in [-0.05, 0) is 17.7 Å². The van der Waals surface area contributed by atoms with Crippen molar-refractivity contribution in [2.45, 2.75) is 6.61 Å². The van der Waals surface area contributed by atoms with Gasteiger partial charge in [-0.3, -0.25) is 0 Å². The van der Waals surface area contributed by atoms with Crippen LogP contribution in [-0.2, 0) is 11.3 Å². The van der Waals surface area contributed by atoms with Crippen molar-refractivity contribution in [1.82, 2.24) is 0 Å². The van der Waals surface area contributed by atoms with Gasteiger partial charge in [0.2, 0.25) is 0 Å². The van der Waals surface area contributed by atoms with Gasteiger partial charge in [0.15, 0.2) is 0 Å². The summed E-state index contributed by atoms with van der Waals surface area (Å²) >= 11 is 3.38. The molecule has 0 radical (unpaired) electrons. The molecule has 0 saturated heterocycles. The molecule has 1 nitrogen and oxygen atoms in total. The molecule has 1 aromatic rings. The van der Waals surface area contributed by atoms with E-state index in [1.165, 1.54) is 5.56 Å². The minimum Gasteiger partial charge on any atom is -0.380 e. The van der Waals surface area contributed by atoms with E-state index in [4.69, 9.17) is 4.74 Å². The van der Waals surface area contributed by atoms with Crippen molar-refractivity contribution in [1.29, 1.82) is 0 Å². The number of hydrogen-bond donors (Lipinski definition) is 0. The first-order valence-electron chi connectivity index (χ1n) is 3.06. The molecule has 1 rings (SSSR count). The van der Waals surface area contributed by atoms with E-state index in [0.717, 1.165) is 4.47 Å². The average molecular weight is 201 g/mol. The van der Waals surface area contributed by atoms with Crippen molar-refractivity contribution in [3.8, 4) is 0 Å². The van der Waals surface area contributed by atoms with Crippen LogP contribution in [0.2, 0.25) is 0 Å². The highest BCUT2D eigenvalue weighted by Crippen LogP contribution is 2.11. The first kappa shape index (κ1) is 7.76. The van der Waals surface area contributed by atoms with Crippen LogP contribution in [-0.4, -0.2) is 7.11 Å². The van der Waals surface area contributed by atoms with E-state index in [9.17, 15) is 0 Å². The molecule has 0 aliphatic heterocycles. The van der Waals surface area contributed by atoms with E-state index in [1.54, 1.807) is 7.11 Å². The number of hydrogen-bond acceptors (Lipinski definition) is 1. The van der Waals surface area contributed by atoms with Gasteiger partial charge in [-0.25, -0.2) is 0 Å². The fourth-order valence-corrected chi connectivity index (χ4v) is 1.24. The Hall–Kier alpha value is -0.340. The maximum atomic E-state index is 4.96. The third-order valence-corrected chi connectivity index (χ3v) is 1.69. The molecule has 54 valence electrons. The van der Waals surface area contributed by atoms with Crippen LogP contribution in [0.5, 0.6) is 0 Å². The summed E-state index contributed by atoms with van der Waals surface area (Å²) in [5, 5.41) is 0. The summed E-state index contributed by atoms with van der Waals surface area (Å²) in [7, 11) is 1.70. The summed E-state index contributed by atoms with van der Waals surface area (Å²) < 4.78 is 6.06. The second kappa shape index (κ2) is 3.74. The van der Waals surface area contributed by atoms with Crippen LogP contribution in [0.4, 0.5) is 0 Å². The Morgan fingerprint density at radius 3 is 2.90 bits per heavy atom. The standard InChI is InChI=1S/C8H9BrO/c1-10-6-7-3-2-4-8(9)5-7/h2-5H,6H2,1H3. The highest BCUT2D eigenvalue weighted by Gasteiger charge is 1.90. The summed E-state index contributed by atoms with van der Waals surface area (Å²) in [6.45, 7) is 0.680. The zero-order valence-electron chi connectivity index (χ0n) is 5.80. The maximum absolute atomic E-state index is 4.96. The van der Waals surface area contributed by atoms with Crippen LogP contribution in [0, 0.1) is 0 Å². The number of ether oxygens (including phenoxy) is 1. The molecule has 0 saturated carbocycles. The van der Waals surface area contributed by atoms with Gasteiger partial charge in [0.25, 0.3) is 0 Å². The van der Waals surface area contributed by atoms with Crippen molar-refractivity contribution < 1.29 is 4.74 Å². The van der Waals surface area contributed by atoms with Gasteiger partial charge in [-0.1, -0.05) is 28.1 Å². The van der Waals surface area contributed by atoms with Crippen molar-refractivity contribution in [3.05, 3.63) is 34.3 Å². The fraction of sp³-hybridized carbons (Fsp3) is 0.250. The number of methoxy groups -OCH3 is 1. The van der Waals surface area contributed by atoms with Crippen LogP contribution in [0.3, 0.4) is 0 Å². The Morgan fingerprint density at radius 1 is 1.50 bits per heavy atom. The van der Waals surface area contributed by atoms with Gasteiger partial charge in [-0.2, -0.15) is 0 Å². The molecule has 0 heterocycles. The third kappa shape index (κ3) is 2.12. The molecular weight excluding hydrogens is 192 g/mol. The second-order valence-corrected chi connectivity index (χ2v) is 2.98. The SMILES string of the molecule is COCc1cccc(Br)c1. The lowest BCUT2D eigenvalue weighted by molar-refractivity contribution is 0.185. The lowest BCUT2D eigenvalue weighted by Gasteiger charge is -1.98. The summed E-state index contributed by atoms with van der Waals surface area (Å²) in [5.74, 6) is 0. The summed E-state index contributed by atoms with van der Waals surface area (Å²) in [6.07, 6.45) is 0. The van der Waals surface area contributed by atoms with Crippen LogP contribution in [0.1, 0.15) is 5.56 Å². The monoisotopic (exact) mass is 200 g/mol. The first-order chi connectivity index (χ1) is 4.83. The topological polar surface area (TPSA) is 9.23 Å². The number of rotatable bonds is 2. The highest BCUT2D eigenvalue weighted by atomic mass is 79.9. The second-order valence-electron chi connectivity index (χ2n) is 2.06. The molecule has 0 amide bonds. The van der Waals surface area contributed by atoms with Gasteiger partial charge < -0.3 is 4.74 Å². The number of benzene rings is 1. The lowest BCUT2D eigenvalue weighted by Crippen LogP contribution is -1.85. The molecule has 0 atom stereocenters. The van der Waals surface area contributed by atoms with Crippen LogP contribution in [0.15, 0.2) is 28.7 Å². The molecule has 0 unspecified atom stereocenters. The molecule has 0 N–H and O–H groups in total. The van der Waals surface area contributed by atoms with E-state index < -0.39 is 0 Å². The molecule has 0 bridgehead atoms.